The van der Waals surface area contributed by atoms with E-state index in [1.54, 1.807) is 6.07 Å². The lowest BCUT2D eigenvalue weighted by molar-refractivity contribution is 0.0595. The van der Waals surface area contributed by atoms with Gasteiger partial charge in [0.15, 0.2) is 0 Å². The number of anilines is 1. The molecule has 0 amide bonds. The van der Waals surface area contributed by atoms with E-state index in [1.165, 1.54) is 21.0 Å². The molecule has 1 aliphatic carbocycles. The molecule has 0 saturated carbocycles. The molecule has 3 rings (SSSR count). The number of benzene rings is 1. The van der Waals surface area contributed by atoms with Crippen molar-refractivity contribution < 1.29 is 22.4 Å². The van der Waals surface area contributed by atoms with Gasteiger partial charge in [-0.25, -0.2) is 17.9 Å². The smallest absolute Gasteiger partial charge is 0.342 e. The van der Waals surface area contributed by atoms with Crippen LogP contribution in [0.15, 0.2) is 27.5 Å². The van der Waals surface area contributed by atoms with E-state index >= 15 is 0 Å². The summed E-state index contributed by atoms with van der Waals surface area (Å²) in [5.41, 5.74) is 8.37. The van der Waals surface area contributed by atoms with E-state index in [-0.39, 0.29) is 40.4 Å². The highest BCUT2D eigenvalue weighted by Crippen LogP contribution is 2.34. The predicted octanol–water partition coefficient (Wildman–Crippen LogP) is 3.04. The molecule has 1 aliphatic rings. The van der Waals surface area contributed by atoms with Gasteiger partial charge < -0.3 is 14.9 Å². The number of aryl methyl sites for hydroxylation is 3. The Bertz CT molecular complexity index is 968. The van der Waals surface area contributed by atoms with E-state index in [2.05, 4.69) is 4.72 Å². The summed E-state index contributed by atoms with van der Waals surface area (Å²) in [6.07, 6.45) is 2.37. The molecule has 0 saturated heterocycles. The summed E-state index contributed by atoms with van der Waals surface area (Å²) in [7, 11) is -2.78. The highest BCUT2D eigenvalue weighted by molar-refractivity contribution is 7.89. The van der Waals surface area contributed by atoms with Gasteiger partial charge >= 0.3 is 5.97 Å². The Morgan fingerprint density at radius 2 is 2.00 bits per heavy atom. The molecule has 27 heavy (non-hydrogen) atoms. The van der Waals surface area contributed by atoms with Gasteiger partial charge in [0, 0.05) is 11.7 Å². The summed E-state index contributed by atoms with van der Waals surface area (Å²) in [5.74, 6) is -0.369. The topological polar surface area (TPSA) is 112 Å². The third-order valence-corrected chi connectivity index (χ3v) is 6.27. The summed E-state index contributed by atoms with van der Waals surface area (Å²) in [6.45, 7) is 3.06. The quantitative estimate of drug-likeness (QED) is 0.587. The summed E-state index contributed by atoms with van der Waals surface area (Å²) < 4.78 is 38.9. The molecule has 0 radical (unpaired) electrons. The lowest BCUT2D eigenvalue weighted by Crippen LogP contribution is -2.32. The molecule has 3 N–H and O–H groups in total. The molecule has 1 atom stereocenters. The number of carbonyl (C=O) groups is 1. The van der Waals surface area contributed by atoms with Crippen molar-refractivity contribution in [2.75, 3.05) is 12.8 Å². The van der Waals surface area contributed by atoms with Crippen LogP contribution in [0.2, 0.25) is 0 Å². The van der Waals surface area contributed by atoms with Gasteiger partial charge in [-0.2, -0.15) is 0 Å². The van der Waals surface area contributed by atoms with Crippen LogP contribution in [0.4, 0.5) is 5.69 Å². The Labute approximate surface area is 164 Å². The summed E-state index contributed by atoms with van der Waals surface area (Å²) >= 11 is 0. The Morgan fingerprint density at radius 1 is 1.30 bits per heavy atom. The molecular weight excluding hydrogens is 392 g/mol. The van der Waals surface area contributed by atoms with Crippen LogP contribution in [-0.2, 0) is 21.2 Å². The zero-order chi connectivity index (χ0) is 19.1. The highest BCUT2D eigenvalue weighted by Gasteiger charge is 2.34. The van der Waals surface area contributed by atoms with Gasteiger partial charge in [0.05, 0.1) is 7.11 Å². The number of rotatable bonds is 4. The van der Waals surface area contributed by atoms with E-state index in [0.717, 1.165) is 24.0 Å². The van der Waals surface area contributed by atoms with Crippen LogP contribution in [-0.4, -0.2) is 21.5 Å². The average molecular weight is 415 g/mol. The molecule has 1 unspecified atom stereocenters. The number of furan rings is 1. The summed E-state index contributed by atoms with van der Waals surface area (Å²) in [4.78, 5) is 11.9. The number of nitrogens with two attached hydrogens (primary N) is 1. The lowest BCUT2D eigenvalue weighted by Gasteiger charge is -2.26. The average Bonchev–Trinajstić information content (AvgIpc) is 2.88. The normalized spacial score (nSPS) is 16.3. The van der Waals surface area contributed by atoms with Crippen molar-refractivity contribution in [3.8, 4) is 0 Å². The van der Waals surface area contributed by atoms with Crippen LogP contribution in [0.3, 0.4) is 0 Å². The number of nitrogens with one attached hydrogen (secondary N) is 1. The number of hydrogen-bond donors (Lipinski definition) is 2. The number of halogens is 1. The number of esters is 1. The molecule has 1 aromatic carbocycles. The van der Waals surface area contributed by atoms with Crippen LogP contribution in [0.5, 0.6) is 0 Å². The number of fused-ring (bicyclic) bond motifs is 1. The van der Waals surface area contributed by atoms with Crippen LogP contribution in [0.25, 0.3) is 0 Å². The Balaban J connectivity index is 0.00000261. The molecule has 0 fully saturated rings. The Morgan fingerprint density at radius 3 is 2.67 bits per heavy atom. The lowest BCUT2D eigenvalue weighted by atomic mass is 9.88. The number of sulfonamides is 1. The van der Waals surface area contributed by atoms with Gasteiger partial charge in [0.1, 0.15) is 22.0 Å². The molecule has 7 nitrogen and oxygen atoms in total. The molecule has 0 aliphatic heterocycles. The van der Waals surface area contributed by atoms with Gasteiger partial charge in [-0.15, -0.1) is 12.4 Å². The standard InChI is InChI=1S/C18H22N2O5S.ClH/c1-10-16(18(21)24-3)17(11(2)25-10)26(22,23)20-15-6-4-5-12-9-13(19)7-8-14(12)15;/h7-9,15,20H,4-6,19H2,1-3H3;1H. The highest BCUT2D eigenvalue weighted by atomic mass is 35.5. The van der Waals surface area contributed by atoms with Crippen LogP contribution in [0, 0.1) is 13.8 Å². The van der Waals surface area contributed by atoms with Crippen molar-refractivity contribution in [1.82, 2.24) is 4.72 Å². The number of hydrogen-bond acceptors (Lipinski definition) is 6. The number of nitrogen functional groups attached to an aromatic ring is 1. The Kier molecular flexibility index (Phi) is 6.24. The van der Waals surface area contributed by atoms with E-state index in [1.807, 2.05) is 12.1 Å². The maximum atomic E-state index is 13.0. The fourth-order valence-electron chi connectivity index (χ4n) is 3.53. The van der Waals surface area contributed by atoms with Crippen molar-refractivity contribution >= 4 is 34.1 Å². The number of carbonyl (C=O) groups excluding carboxylic acids is 1. The number of methoxy groups -OCH3 is 1. The molecule has 1 heterocycles. The van der Waals surface area contributed by atoms with Gasteiger partial charge in [0.2, 0.25) is 10.0 Å². The van der Waals surface area contributed by atoms with Crippen molar-refractivity contribution in [3.63, 3.8) is 0 Å². The molecule has 0 bridgehead atoms. The van der Waals surface area contributed by atoms with Gasteiger partial charge in [0.25, 0.3) is 0 Å². The molecular formula is C18H23ClN2O5S. The third-order valence-electron chi connectivity index (χ3n) is 4.64. The first-order chi connectivity index (χ1) is 12.2. The first kappa shape index (κ1) is 21.3. The molecule has 148 valence electrons. The largest absolute Gasteiger partial charge is 0.465 e. The van der Waals surface area contributed by atoms with Gasteiger partial charge in [-0.1, -0.05) is 6.07 Å². The summed E-state index contributed by atoms with van der Waals surface area (Å²) in [5, 5.41) is 0. The second kappa shape index (κ2) is 7.92. The van der Waals surface area contributed by atoms with E-state index < -0.39 is 16.0 Å². The maximum absolute atomic E-state index is 13.0. The first-order valence-electron chi connectivity index (χ1n) is 8.33. The van der Waals surface area contributed by atoms with E-state index in [0.29, 0.717) is 12.1 Å². The fourth-order valence-corrected chi connectivity index (χ4v) is 5.18. The van der Waals surface area contributed by atoms with E-state index in [4.69, 9.17) is 14.9 Å². The Hall–Kier alpha value is -2.03. The maximum Gasteiger partial charge on any atom is 0.342 e. The van der Waals surface area contributed by atoms with Crippen molar-refractivity contribution in [3.05, 3.63) is 46.4 Å². The molecule has 2 aromatic rings. The molecule has 9 heteroatoms. The summed E-state index contributed by atoms with van der Waals surface area (Å²) in [6, 6.07) is 5.11. The zero-order valence-electron chi connectivity index (χ0n) is 15.4. The van der Waals surface area contributed by atoms with Gasteiger partial charge in [-0.3, -0.25) is 0 Å². The van der Waals surface area contributed by atoms with Crippen molar-refractivity contribution in [2.24, 2.45) is 0 Å². The first-order valence-corrected chi connectivity index (χ1v) is 9.82. The SMILES string of the molecule is COC(=O)c1c(C)oc(C)c1S(=O)(=O)NC1CCCc2cc(N)ccc21.Cl. The van der Waals surface area contributed by atoms with Crippen molar-refractivity contribution in [2.45, 2.75) is 44.0 Å². The minimum atomic E-state index is -3.98. The molecule has 1 aromatic heterocycles. The minimum absolute atomic E-state index is 0. The van der Waals surface area contributed by atoms with Crippen LogP contribution < -0.4 is 10.5 Å². The van der Waals surface area contributed by atoms with Crippen LogP contribution in [0.1, 0.15) is 51.9 Å². The van der Waals surface area contributed by atoms with E-state index in [9.17, 15) is 13.2 Å². The van der Waals surface area contributed by atoms with Gasteiger partial charge in [-0.05, 0) is 56.4 Å². The fraction of sp³-hybridized carbons (Fsp3) is 0.389. The second-order valence-corrected chi connectivity index (χ2v) is 8.09. The number of ether oxygens (including phenoxy) is 1. The third kappa shape index (κ3) is 3.97. The predicted molar refractivity (Wildman–Crippen MR) is 104 cm³/mol. The molecule has 0 spiro atoms. The zero-order valence-corrected chi connectivity index (χ0v) is 17.0. The monoisotopic (exact) mass is 414 g/mol. The van der Waals surface area contributed by atoms with Crippen molar-refractivity contribution in [1.29, 1.82) is 0 Å². The van der Waals surface area contributed by atoms with Crippen LogP contribution >= 0.6 is 12.4 Å². The second-order valence-electron chi connectivity index (χ2n) is 6.43. The minimum Gasteiger partial charge on any atom is -0.465 e.